The first-order valence-corrected chi connectivity index (χ1v) is 20.5. The molecule has 0 unspecified atom stereocenters. The number of ether oxygens (including phenoxy) is 5. The number of Topliss-reactive ketones (excluding diaryl/α,β-unsaturated/α-hetero) is 2. The number of hydrogen-bond acceptors (Lipinski definition) is 15. The predicted octanol–water partition coefficient (Wildman–Crippen LogP) is 3.72. The van der Waals surface area contributed by atoms with Gasteiger partial charge in [0.2, 0.25) is 5.82 Å². The molecule has 5 heterocycles. The Morgan fingerprint density at radius 3 is 2.29 bits per heavy atom. The van der Waals surface area contributed by atoms with Crippen LogP contribution in [0.3, 0.4) is 0 Å². The van der Waals surface area contributed by atoms with Crippen molar-refractivity contribution in [3.05, 3.63) is 24.5 Å². The third-order valence-electron chi connectivity index (χ3n) is 12.6. The first-order valence-electron chi connectivity index (χ1n) is 20.5. The number of aromatic nitrogens is 5. The van der Waals surface area contributed by atoms with Crippen molar-refractivity contribution in [1.29, 1.82) is 0 Å². The second-order valence-corrected chi connectivity index (χ2v) is 17.0. The van der Waals surface area contributed by atoms with E-state index in [0.29, 0.717) is 31.6 Å². The van der Waals surface area contributed by atoms with Crippen LogP contribution in [0.5, 0.6) is 0 Å². The number of carbonyl (C=O) groups is 4. The number of pyridine rings is 1. The Hall–Kier alpha value is -3.90. The Morgan fingerprint density at radius 1 is 0.983 bits per heavy atom. The van der Waals surface area contributed by atoms with Gasteiger partial charge in [0.25, 0.3) is 0 Å². The van der Waals surface area contributed by atoms with E-state index in [9.17, 15) is 24.3 Å². The molecule has 322 valence electrons. The molecule has 3 fully saturated rings. The Morgan fingerprint density at radius 2 is 1.66 bits per heavy atom. The number of ketones is 2. The van der Waals surface area contributed by atoms with Gasteiger partial charge in [-0.25, -0.2) is 4.79 Å². The van der Waals surface area contributed by atoms with Gasteiger partial charge in [-0.3, -0.25) is 19.4 Å². The predicted molar refractivity (Wildman–Crippen MR) is 210 cm³/mol. The highest BCUT2D eigenvalue weighted by Crippen LogP contribution is 2.43. The van der Waals surface area contributed by atoms with E-state index in [1.54, 1.807) is 71.0 Å². The molecule has 3 aliphatic rings. The van der Waals surface area contributed by atoms with E-state index in [4.69, 9.17) is 23.7 Å². The molecule has 0 radical (unpaired) electrons. The Balaban J connectivity index is 1.43. The van der Waals surface area contributed by atoms with Gasteiger partial charge in [-0.05, 0) is 91.2 Å². The minimum atomic E-state index is -1.42. The van der Waals surface area contributed by atoms with Crippen molar-refractivity contribution in [2.75, 3.05) is 27.7 Å². The fourth-order valence-corrected chi connectivity index (χ4v) is 9.20. The molecule has 58 heavy (non-hydrogen) atoms. The normalized spacial score (nSPS) is 36.7. The van der Waals surface area contributed by atoms with Crippen molar-refractivity contribution in [3.8, 4) is 11.4 Å². The number of methoxy groups -OCH3 is 1. The van der Waals surface area contributed by atoms with Gasteiger partial charge < -0.3 is 38.6 Å². The summed E-state index contributed by atoms with van der Waals surface area (Å²) in [4.78, 5) is 65.8. The summed E-state index contributed by atoms with van der Waals surface area (Å²) in [6, 6.07) is 2.49. The van der Waals surface area contributed by atoms with Gasteiger partial charge in [0.05, 0.1) is 30.4 Å². The summed E-state index contributed by atoms with van der Waals surface area (Å²) in [5.74, 6) is -4.58. The van der Waals surface area contributed by atoms with Gasteiger partial charge in [0.15, 0.2) is 17.7 Å². The number of fused-ring (bicyclic) bond motifs is 1. The number of cyclic esters (lactones) is 1. The smallest absolute Gasteiger partial charge is 0.410 e. The molecule has 0 spiro atoms. The molecular weight excluding hydrogens is 750 g/mol. The van der Waals surface area contributed by atoms with Gasteiger partial charge in [0, 0.05) is 55.4 Å². The van der Waals surface area contributed by atoms with Crippen molar-refractivity contribution in [2.45, 2.75) is 148 Å². The summed E-state index contributed by atoms with van der Waals surface area (Å²) in [6.45, 7) is 14.6. The summed E-state index contributed by atoms with van der Waals surface area (Å²) in [5.41, 5.74) is -1.91. The molecule has 13 atom stereocenters. The van der Waals surface area contributed by atoms with Crippen LogP contribution in [0.1, 0.15) is 87.5 Å². The molecular formula is C41H63N7O10. The molecule has 5 rings (SSSR count). The molecule has 3 aliphatic heterocycles. The summed E-state index contributed by atoms with van der Waals surface area (Å²) in [6.07, 6.45) is 0.248. The molecule has 1 N–H and O–H groups in total. The number of rotatable bonds is 11. The van der Waals surface area contributed by atoms with E-state index in [1.807, 2.05) is 25.9 Å². The lowest BCUT2D eigenvalue weighted by molar-refractivity contribution is -0.295. The first-order chi connectivity index (χ1) is 27.4. The Labute approximate surface area is 341 Å². The largest absolute Gasteiger partial charge is 0.458 e. The minimum Gasteiger partial charge on any atom is -0.458 e. The van der Waals surface area contributed by atoms with Crippen LogP contribution >= 0.6 is 0 Å². The van der Waals surface area contributed by atoms with Gasteiger partial charge in [-0.15, -0.1) is 10.2 Å². The average molecular weight is 814 g/mol. The lowest BCUT2D eigenvalue weighted by atomic mass is 9.73. The van der Waals surface area contributed by atoms with Gasteiger partial charge in [-0.1, -0.05) is 27.7 Å². The molecule has 2 aromatic heterocycles. The lowest BCUT2D eigenvalue weighted by Crippen LogP contribution is -2.60. The number of aryl methyl sites for hydroxylation is 1. The topological polar surface area (TPSA) is 198 Å². The fraction of sp³-hybridized carbons (Fsp3) is 0.756. The second-order valence-electron chi connectivity index (χ2n) is 17.0. The van der Waals surface area contributed by atoms with Crippen LogP contribution in [0, 0.1) is 23.7 Å². The van der Waals surface area contributed by atoms with Crippen LogP contribution in [-0.4, -0.2) is 145 Å². The van der Waals surface area contributed by atoms with Crippen LogP contribution in [0.25, 0.3) is 11.4 Å². The van der Waals surface area contributed by atoms with E-state index in [0.717, 1.165) is 5.56 Å². The summed E-state index contributed by atoms with van der Waals surface area (Å²) >= 11 is 0. The van der Waals surface area contributed by atoms with Crippen molar-refractivity contribution >= 4 is 23.6 Å². The highest BCUT2D eigenvalue weighted by atomic mass is 16.7. The van der Waals surface area contributed by atoms with Crippen LogP contribution in [0.15, 0.2) is 24.5 Å². The maximum absolute atomic E-state index is 14.7. The van der Waals surface area contributed by atoms with E-state index >= 15 is 0 Å². The van der Waals surface area contributed by atoms with Crippen molar-refractivity contribution in [3.63, 3.8) is 0 Å². The van der Waals surface area contributed by atoms with E-state index in [2.05, 4.69) is 20.4 Å². The van der Waals surface area contributed by atoms with Crippen molar-refractivity contribution in [2.24, 2.45) is 23.7 Å². The van der Waals surface area contributed by atoms with E-state index < -0.39 is 83.4 Å². The zero-order valence-corrected chi connectivity index (χ0v) is 35.9. The molecule has 0 aliphatic carbocycles. The van der Waals surface area contributed by atoms with Gasteiger partial charge >= 0.3 is 12.1 Å². The number of esters is 1. The molecule has 17 heteroatoms. The van der Waals surface area contributed by atoms with Crippen molar-refractivity contribution in [1.82, 2.24) is 35.0 Å². The molecule has 0 bridgehead atoms. The Bertz CT molecular complexity index is 1750. The second kappa shape index (κ2) is 18.6. The molecule has 0 saturated carbocycles. The van der Waals surface area contributed by atoms with Gasteiger partial charge in [0.1, 0.15) is 23.9 Å². The number of hydrogen-bond donors (Lipinski definition) is 1. The number of nitrogens with zero attached hydrogens (tertiary/aromatic N) is 7. The van der Waals surface area contributed by atoms with Gasteiger partial charge in [-0.2, -0.15) is 4.80 Å². The maximum Gasteiger partial charge on any atom is 0.410 e. The minimum absolute atomic E-state index is 0.116. The summed E-state index contributed by atoms with van der Waals surface area (Å²) < 4.78 is 31.2. The third-order valence-corrected chi connectivity index (χ3v) is 12.6. The van der Waals surface area contributed by atoms with Crippen LogP contribution in [-0.2, 0) is 44.6 Å². The number of aliphatic hydroxyl groups excluding tert-OH is 1. The van der Waals surface area contributed by atoms with Crippen molar-refractivity contribution < 1.29 is 48.0 Å². The van der Waals surface area contributed by atoms with Crippen LogP contribution < -0.4 is 0 Å². The number of tetrazole rings is 1. The lowest BCUT2D eigenvalue weighted by Gasteiger charge is -2.47. The summed E-state index contributed by atoms with van der Waals surface area (Å²) in [7, 11) is 5.22. The number of carbonyl (C=O) groups excluding carboxylic acids is 4. The highest BCUT2D eigenvalue weighted by Gasteiger charge is 2.60. The van der Waals surface area contributed by atoms with Crippen LogP contribution in [0.4, 0.5) is 4.79 Å². The summed E-state index contributed by atoms with van der Waals surface area (Å²) in [5, 5.41) is 24.2. The molecule has 17 nitrogen and oxygen atoms in total. The molecule has 2 aromatic rings. The zero-order valence-electron chi connectivity index (χ0n) is 35.9. The fourth-order valence-electron chi connectivity index (χ4n) is 9.20. The monoisotopic (exact) mass is 813 g/mol. The maximum atomic E-state index is 14.7. The van der Waals surface area contributed by atoms with E-state index in [1.165, 1.54) is 18.8 Å². The molecule has 3 saturated heterocycles. The first kappa shape index (κ1) is 45.2. The number of likely N-dealkylation sites (N-methyl/N-ethyl adjacent to an activating group) is 1. The SMILES string of the molecule is CC[C@H]1OC(=O)[C@H](C)C(=O)[C@H](C)[C@@H](O[C@@H]2O[C@H](C)C[C@H](N(C)C)[C@H]2O)[C@](C)(OC)C[C@@H](C)C(=O)[C@H](C)[C@H]2N(CCCCn3nnc(-c4ccncc4)n3)C(=O)O[C@]12C. The number of unbranched alkanes of at least 4 members (excludes halogenated alkanes) is 1. The highest BCUT2D eigenvalue weighted by molar-refractivity contribution is 6.00. The third kappa shape index (κ3) is 9.28. The number of aliphatic hydroxyl groups is 1. The molecule has 1 amide bonds. The molecule has 0 aromatic carbocycles. The quantitative estimate of drug-likeness (QED) is 0.196. The standard InChI is InChI=1S/C41H63N7O10/c1-12-30-41(8)34(47(39(53)58-41)19-13-14-20-48-44-36(43-45-48)28-15-17-42-18-16-28)25(4)31(49)23(2)22-40(7,54-11)35(26(5)32(50)27(6)37(52)56-30)57-38-33(51)29(46(9)10)21-24(3)55-38/h15-18,23-27,29-30,33-35,38,51H,12-14,19-22H2,1-11H3/t23-,24-,25+,26+,27-,29+,30-,33-,34-,35-,38+,40-,41-/m1/s1. The average Bonchev–Trinajstić information content (AvgIpc) is 3.78. The van der Waals surface area contributed by atoms with Crippen LogP contribution in [0.2, 0.25) is 0 Å². The number of amides is 1. The zero-order chi connectivity index (χ0) is 42.7. The van der Waals surface area contributed by atoms with E-state index in [-0.39, 0.29) is 37.3 Å². The Kier molecular flexibility index (Phi) is 14.5.